The van der Waals surface area contributed by atoms with Gasteiger partial charge in [-0.15, -0.1) is 0 Å². The Balaban J connectivity index is 1.82. The molecule has 40 heavy (non-hydrogen) atoms. The molecule has 0 unspecified atom stereocenters. The summed E-state index contributed by atoms with van der Waals surface area (Å²) >= 11 is 0. The van der Waals surface area contributed by atoms with E-state index in [2.05, 4.69) is 57.1 Å². The van der Waals surface area contributed by atoms with Gasteiger partial charge < -0.3 is 9.80 Å². The van der Waals surface area contributed by atoms with E-state index in [1.165, 1.54) is 12.2 Å². The molecule has 6 nitrogen and oxygen atoms in total. The molecule has 0 fully saturated rings. The first-order valence-electron chi connectivity index (χ1n) is 12.6. The molecule has 0 amide bonds. The molecule has 0 heterocycles. The zero-order valence-corrected chi connectivity index (χ0v) is 22.1. The van der Waals surface area contributed by atoms with E-state index in [0.717, 1.165) is 22.3 Å². The van der Waals surface area contributed by atoms with Crippen LogP contribution in [-0.2, 0) is 26.2 Å². The Morgan fingerprint density at radius 2 is 1.07 bits per heavy atom. The Bertz CT molecular complexity index is 1390. The number of hydrogen-bond donors (Lipinski definition) is 0. The van der Waals surface area contributed by atoms with Crippen LogP contribution in [0.3, 0.4) is 0 Å². The number of hydrogen-bond acceptors (Lipinski definition) is 5. The van der Waals surface area contributed by atoms with Crippen LogP contribution in [0.2, 0.25) is 0 Å². The minimum Gasteiger partial charge on any atom is -0.369 e. The Hall–Kier alpha value is -5.82. The molecule has 0 aliphatic rings. The standard InChI is InChI=1S/C34H28N6/c1-38-34(24-37)18-10-20-40(26-30-13-6-3-7-14-30)28-32-16-8-15-31(21-32)27-39(19-9-17-33(22-35)23-36)25-29-11-4-2-5-12-29/h2-21H,25-28H2/b19-9+,20-10+,34-18+. The second kappa shape index (κ2) is 16.1. The highest BCUT2D eigenvalue weighted by atomic mass is 15.1. The van der Waals surface area contributed by atoms with E-state index in [0.29, 0.717) is 26.2 Å². The highest BCUT2D eigenvalue weighted by Gasteiger charge is 2.07. The Morgan fingerprint density at radius 3 is 1.52 bits per heavy atom. The third-order valence-corrected chi connectivity index (χ3v) is 5.81. The average molecular weight is 521 g/mol. The first-order valence-corrected chi connectivity index (χ1v) is 12.6. The van der Waals surface area contributed by atoms with Crippen molar-refractivity contribution in [3.05, 3.63) is 167 Å². The van der Waals surface area contributed by atoms with Crippen molar-refractivity contribution in [2.24, 2.45) is 0 Å². The smallest absolute Gasteiger partial charge is 0.261 e. The number of rotatable bonds is 12. The molecule has 3 aromatic rings. The average Bonchev–Trinajstić information content (AvgIpc) is 2.98. The third kappa shape index (κ3) is 9.91. The maximum atomic E-state index is 9.04. The van der Waals surface area contributed by atoms with Crippen LogP contribution in [0.15, 0.2) is 133 Å². The molecule has 0 aromatic heterocycles. The van der Waals surface area contributed by atoms with Crippen molar-refractivity contribution in [2.45, 2.75) is 26.2 Å². The van der Waals surface area contributed by atoms with Gasteiger partial charge in [-0.2, -0.15) is 10.5 Å². The number of allylic oxidation sites excluding steroid dienone is 6. The normalized spacial score (nSPS) is 10.8. The van der Waals surface area contributed by atoms with E-state index >= 15 is 0 Å². The lowest BCUT2D eigenvalue weighted by Crippen LogP contribution is -2.18. The fourth-order valence-electron chi connectivity index (χ4n) is 3.97. The van der Waals surface area contributed by atoms with Crippen LogP contribution in [-0.4, -0.2) is 9.80 Å². The molecule has 3 rings (SSSR count). The topological polar surface area (TPSA) is 82.2 Å². The van der Waals surface area contributed by atoms with Gasteiger partial charge in [0.25, 0.3) is 5.70 Å². The molecule has 194 valence electrons. The summed E-state index contributed by atoms with van der Waals surface area (Å²) < 4.78 is 0. The van der Waals surface area contributed by atoms with Crippen molar-refractivity contribution < 1.29 is 0 Å². The van der Waals surface area contributed by atoms with Gasteiger partial charge in [0, 0.05) is 26.2 Å². The third-order valence-electron chi connectivity index (χ3n) is 5.81. The Labute approximate surface area is 236 Å². The van der Waals surface area contributed by atoms with Gasteiger partial charge in [-0.1, -0.05) is 91.0 Å². The molecule has 0 N–H and O–H groups in total. The lowest BCUT2D eigenvalue weighted by Gasteiger charge is -2.23. The monoisotopic (exact) mass is 520 g/mol. The zero-order chi connectivity index (χ0) is 28.4. The van der Waals surface area contributed by atoms with Crippen LogP contribution in [0.25, 0.3) is 4.85 Å². The Kier molecular flexibility index (Phi) is 11.6. The summed E-state index contributed by atoms with van der Waals surface area (Å²) in [6.07, 6.45) is 10.3. The summed E-state index contributed by atoms with van der Waals surface area (Å²) in [6.45, 7) is 9.69. The number of benzene rings is 3. The highest BCUT2D eigenvalue weighted by molar-refractivity contribution is 5.38. The summed E-state index contributed by atoms with van der Waals surface area (Å²) in [5.74, 6) is 0. The minimum absolute atomic E-state index is 0.0379. The molecule has 0 saturated carbocycles. The molecule has 0 bridgehead atoms. The molecule has 0 radical (unpaired) electrons. The van der Waals surface area contributed by atoms with Crippen molar-refractivity contribution in [1.29, 1.82) is 15.8 Å². The van der Waals surface area contributed by atoms with E-state index < -0.39 is 0 Å². The van der Waals surface area contributed by atoms with Crippen molar-refractivity contribution in [3.8, 4) is 18.2 Å². The molecule has 0 atom stereocenters. The zero-order valence-electron chi connectivity index (χ0n) is 22.1. The van der Waals surface area contributed by atoms with Crippen molar-refractivity contribution in [1.82, 2.24) is 9.80 Å². The van der Waals surface area contributed by atoms with Crippen molar-refractivity contribution >= 4 is 0 Å². The fraction of sp³-hybridized carbons (Fsp3) is 0.118. The van der Waals surface area contributed by atoms with Gasteiger partial charge in [-0.25, -0.2) is 10.1 Å². The molecule has 3 aromatic carbocycles. The SMILES string of the molecule is [C-]#[N+]/C(C#N)=C/C=C/N(Cc1ccccc1)Cc1cccc(CN(/C=C/C=C(C#N)C#N)Cc2ccccc2)c1. The van der Waals surface area contributed by atoms with Crippen LogP contribution in [0.1, 0.15) is 22.3 Å². The van der Waals surface area contributed by atoms with Gasteiger partial charge in [0.05, 0.1) is 12.6 Å². The predicted octanol–water partition coefficient (Wildman–Crippen LogP) is 7.02. The fourth-order valence-corrected chi connectivity index (χ4v) is 3.97. The molecule has 6 heteroatoms. The van der Waals surface area contributed by atoms with E-state index in [1.807, 2.05) is 73.1 Å². The molecule has 0 aliphatic carbocycles. The lowest BCUT2D eigenvalue weighted by molar-refractivity contribution is 0.356. The molecular weight excluding hydrogens is 492 g/mol. The van der Waals surface area contributed by atoms with Crippen LogP contribution in [0.4, 0.5) is 0 Å². The second-order valence-corrected chi connectivity index (χ2v) is 8.86. The molecule has 0 spiro atoms. The maximum absolute atomic E-state index is 9.04. The van der Waals surface area contributed by atoms with Crippen molar-refractivity contribution in [3.63, 3.8) is 0 Å². The van der Waals surface area contributed by atoms with Gasteiger partial charge in [0.1, 0.15) is 17.7 Å². The van der Waals surface area contributed by atoms with Gasteiger partial charge in [-0.05, 0) is 52.9 Å². The van der Waals surface area contributed by atoms with E-state index in [-0.39, 0.29) is 11.3 Å². The first-order chi connectivity index (χ1) is 19.6. The minimum atomic E-state index is 0.0379. The van der Waals surface area contributed by atoms with Gasteiger partial charge in [0.2, 0.25) is 0 Å². The predicted molar refractivity (Wildman–Crippen MR) is 156 cm³/mol. The number of nitrogens with zero attached hydrogens (tertiary/aromatic N) is 6. The van der Waals surface area contributed by atoms with Crippen LogP contribution >= 0.6 is 0 Å². The first kappa shape index (κ1) is 28.7. The van der Waals surface area contributed by atoms with Gasteiger partial charge >= 0.3 is 0 Å². The van der Waals surface area contributed by atoms with Gasteiger partial charge in [-0.3, -0.25) is 0 Å². The van der Waals surface area contributed by atoms with Crippen molar-refractivity contribution in [2.75, 3.05) is 0 Å². The highest BCUT2D eigenvalue weighted by Crippen LogP contribution is 2.16. The summed E-state index contributed by atoms with van der Waals surface area (Å²) in [6, 6.07) is 34.3. The van der Waals surface area contributed by atoms with Crippen LogP contribution < -0.4 is 0 Å². The van der Waals surface area contributed by atoms with E-state index in [1.54, 1.807) is 12.2 Å². The molecule has 0 saturated heterocycles. The summed E-state index contributed by atoms with van der Waals surface area (Å²) in [4.78, 5) is 7.49. The second-order valence-electron chi connectivity index (χ2n) is 8.86. The van der Waals surface area contributed by atoms with E-state index in [4.69, 9.17) is 22.4 Å². The van der Waals surface area contributed by atoms with Crippen LogP contribution in [0.5, 0.6) is 0 Å². The number of nitriles is 3. The Morgan fingerprint density at radius 1 is 0.625 bits per heavy atom. The van der Waals surface area contributed by atoms with Crippen LogP contribution in [0, 0.1) is 40.6 Å². The molecule has 0 aliphatic heterocycles. The molecular formula is C34H28N6. The van der Waals surface area contributed by atoms with E-state index in [9.17, 15) is 0 Å². The lowest BCUT2D eigenvalue weighted by atomic mass is 10.1. The largest absolute Gasteiger partial charge is 0.369 e. The summed E-state index contributed by atoms with van der Waals surface area (Å²) in [5, 5.41) is 27.1. The summed E-state index contributed by atoms with van der Waals surface area (Å²) in [5.41, 5.74) is 4.63. The summed E-state index contributed by atoms with van der Waals surface area (Å²) in [7, 11) is 0. The van der Waals surface area contributed by atoms with Gasteiger partial charge in [0.15, 0.2) is 0 Å². The quantitative estimate of drug-likeness (QED) is 0.146. The maximum Gasteiger partial charge on any atom is 0.261 e.